The molecule has 0 aliphatic carbocycles. The number of hydrogen-bond acceptors (Lipinski definition) is 5. The topological polar surface area (TPSA) is 29.5 Å². The van der Waals surface area contributed by atoms with Crippen molar-refractivity contribution in [3.8, 4) is 16.9 Å². The Morgan fingerprint density at radius 1 is 1.17 bits per heavy atom. The number of benzene rings is 2. The van der Waals surface area contributed by atoms with Crippen molar-refractivity contribution in [3.63, 3.8) is 0 Å². The summed E-state index contributed by atoms with van der Waals surface area (Å²) in [6.45, 7) is 6.71. The van der Waals surface area contributed by atoms with Gasteiger partial charge in [0.2, 0.25) is 0 Å². The first kappa shape index (κ1) is 20.0. The van der Waals surface area contributed by atoms with Gasteiger partial charge in [-0.1, -0.05) is 63.2 Å². The molecule has 3 nitrogen and oxygen atoms in total. The molecular formula is C23H21NO2S3. The average molecular weight is 440 g/mol. The van der Waals surface area contributed by atoms with Gasteiger partial charge >= 0.3 is 0 Å². The number of hydrogen-bond donors (Lipinski definition) is 0. The molecule has 0 spiro atoms. The minimum absolute atomic E-state index is 0.0563. The maximum Gasteiger partial charge on any atom is 0.251 e. The highest BCUT2D eigenvalue weighted by Crippen LogP contribution is 2.52. The van der Waals surface area contributed by atoms with Crippen LogP contribution in [0, 0.1) is 3.82 Å². The van der Waals surface area contributed by atoms with E-state index in [9.17, 15) is 4.79 Å². The van der Waals surface area contributed by atoms with Gasteiger partial charge in [-0.25, -0.2) is 0 Å². The van der Waals surface area contributed by atoms with Gasteiger partial charge in [0.15, 0.2) is 0 Å². The van der Waals surface area contributed by atoms with Crippen LogP contribution in [0.25, 0.3) is 17.2 Å². The van der Waals surface area contributed by atoms with Crippen LogP contribution in [0.1, 0.15) is 31.2 Å². The van der Waals surface area contributed by atoms with Crippen LogP contribution in [0.4, 0.5) is 5.69 Å². The standard InChI is InChI=1S/C23H21NO2S3/c1-4-26-16-11-12-18-17(14-16)20-21(28-29-22(20)27)23(2,3)24(18)19(25)13-10-15-8-6-5-7-9-15/h5-14H,4H2,1-3H3/b13-10+. The molecule has 0 radical (unpaired) electrons. The Morgan fingerprint density at radius 3 is 2.66 bits per heavy atom. The smallest absolute Gasteiger partial charge is 0.251 e. The number of fused-ring (bicyclic) bond motifs is 3. The SMILES string of the molecule is CCOc1ccc2c(c1)-c1c(ssc1=S)C(C)(C)N2C(=O)/C=C/c1ccccc1. The summed E-state index contributed by atoms with van der Waals surface area (Å²) in [5.41, 5.74) is 3.40. The zero-order valence-electron chi connectivity index (χ0n) is 16.5. The van der Waals surface area contributed by atoms with Gasteiger partial charge in [0.1, 0.15) is 9.57 Å². The molecule has 6 heteroatoms. The average Bonchev–Trinajstić information content (AvgIpc) is 3.11. The van der Waals surface area contributed by atoms with Gasteiger partial charge in [-0.3, -0.25) is 9.69 Å². The molecule has 1 amide bonds. The molecule has 0 saturated carbocycles. The number of amides is 1. The first-order chi connectivity index (χ1) is 13.9. The summed E-state index contributed by atoms with van der Waals surface area (Å²) in [6.07, 6.45) is 3.51. The highest BCUT2D eigenvalue weighted by atomic mass is 32.9. The summed E-state index contributed by atoms with van der Waals surface area (Å²) >= 11 is 5.65. The molecule has 2 heterocycles. The van der Waals surface area contributed by atoms with Crippen LogP contribution in [0.15, 0.2) is 54.6 Å². The van der Waals surface area contributed by atoms with E-state index in [1.54, 1.807) is 26.8 Å². The van der Waals surface area contributed by atoms with Gasteiger partial charge in [-0.15, -0.1) is 0 Å². The number of ether oxygens (including phenoxy) is 1. The monoisotopic (exact) mass is 439 g/mol. The van der Waals surface area contributed by atoms with Gasteiger partial charge in [-0.2, -0.15) is 0 Å². The van der Waals surface area contributed by atoms with E-state index in [0.717, 1.165) is 36.8 Å². The molecule has 1 aliphatic heterocycles. The summed E-state index contributed by atoms with van der Waals surface area (Å²) < 4.78 is 6.57. The lowest BCUT2D eigenvalue weighted by Gasteiger charge is -2.42. The second-order valence-corrected chi connectivity index (χ2v) is 10.1. The molecule has 2 aromatic carbocycles. The van der Waals surface area contributed by atoms with Crippen molar-refractivity contribution in [3.05, 3.63) is 68.9 Å². The van der Waals surface area contributed by atoms with Crippen LogP contribution in [0.5, 0.6) is 5.75 Å². The van der Waals surface area contributed by atoms with Crippen molar-refractivity contribution >= 4 is 50.6 Å². The van der Waals surface area contributed by atoms with E-state index >= 15 is 0 Å². The summed E-state index contributed by atoms with van der Waals surface area (Å²) in [7, 11) is 3.25. The third-order valence-electron chi connectivity index (χ3n) is 4.97. The zero-order valence-corrected chi connectivity index (χ0v) is 18.9. The number of carbonyl (C=O) groups excluding carboxylic acids is 1. The third kappa shape index (κ3) is 3.56. The molecular weight excluding hydrogens is 418 g/mol. The van der Waals surface area contributed by atoms with E-state index in [1.165, 1.54) is 0 Å². The van der Waals surface area contributed by atoms with Crippen molar-refractivity contribution in [2.75, 3.05) is 11.5 Å². The lowest BCUT2D eigenvalue weighted by atomic mass is 9.87. The molecule has 1 aromatic heterocycles. The van der Waals surface area contributed by atoms with Crippen LogP contribution >= 0.6 is 32.9 Å². The Labute approximate surface area is 183 Å². The van der Waals surface area contributed by atoms with Crippen molar-refractivity contribution in [2.45, 2.75) is 26.3 Å². The van der Waals surface area contributed by atoms with Gasteiger partial charge in [0.25, 0.3) is 5.91 Å². The predicted octanol–water partition coefficient (Wildman–Crippen LogP) is 6.90. The summed E-state index contributed by atoms with van der Waals surface area (Å²) in [5.74, 6) is 0.731. The second-order valence-electron chi connectivity index (χ2n) is 7.25. The maximum atomic E-state index is 13.4. The Bertz CT molecular complexity index is 1140. The van der Waals surface area contributed by atoms with E-state index in [2.05, 4.69) is 13.8 Å². The molecule has 0 atom stereocenters. The van der Waals surface area contributed by atoms with Crippen molar-refractivity contribution in [2.24, 2.45) is 0 Å². The van der Waals surface area contributed by atoms with E-state index in [-0.39, 0.29) is 5.91 Å². The normalized spacial score (nSPS) is 14.5. The Kier molecular flexibility index (Phi) is 5.42. The van der Waals surface area contributed by atoms with Gasteiger partial charge in [0, 0.05) is 17.2 Å². The molecule has 3 aromatic rings. The van der Waals surface area contributed by atoms with Crippen LogP contribution in [-0.2, 0) is 10.3 Å². The lowest BCUT2D eigenvalue weighted by molar-refractivity contribution is -0.115. The van der Waals surface area contributed by atoms with Crippen molar-refractivity contribution < 1.29 is 9.53 Å². The fourth-order valence-electron chi connectivity index (χ4n) is 3.67. The van der Waals surface area contributed by atoms with Crippen LogP contribution in [-0.4, -0.2) is 12.5 Å². The Morgan fingerprint density at radius 2 is 1.93 bits per heavy atom. The fraction of sp³-hybridized carbons (Fsp3) is 0.217. The first-order valence-corrected chi connectivity index (χ1v) is 12.0. The largest absolute Gasteiger partial charge is 0.494 e. The lowest BCUT2D eigenvalue weighted by Crippen LogP contribution is -2.47. The number of carbonyl (C=O) groups is 1. The molecule has 29 heavy (non-hydrogen) atoms. The van der Waals surface area contributed by atoms with Crippen LogP contribution in [0.2, 0.25) is 0 Å². The maximum absolute atomic E-state index is 13.4. The molecule has 0 fully saturated rings. The third-order valence-corrected chi connectivity index (χ3v) is 8.30. The van der Waals surface area contributed by atoms with Crippen LogP contribution in [0.3, 0.4) is 0 Å². The van der Waals surface area contributed by atoms with E-state index in [0.29, 0.717) is 6.61 Å². The van der Waals surface area contributed by atoms with Gasteiger partial charge < -0.3 is 4.74 Å². The summed E-state index contributed by atoms with van der Waals surface area (Å²) in [5, 5.41) is 0. The fourth-order valence-corrected chi connectivity index (χ4v) is 6.95. The highest BCUT2D eigenvalue weighted by Gasteiger charge is 2.42. The number of nitrogens with zero attached hydrogens (tertiary/aromatic N) is 1. The zero-order chi connectivity index (χ0) is 20.6. The highest BCUT2D eigenvalue weighted by molar-refractivity contribution is 7.80. The number of rotatable bonds is 4. The van der Waals surface area contributed by atoms with Gasteiger partial charge in [-0.05, 0) is 50.6 Å². The molecule has 148 valence electrons. The Balaban J connectivity index is 1.83. The first-order valence-electron chi connectivity index (χ1n) is 9.41. The second kappa shape index (κ2) is 7.86. The minimum Gasteiger partial charge on any atom is -0.494 e. The molecule has 0 saturated heterocycles. The minimum atomic E-state index is -0.494. The molecule has 0 unspecified atom stereocenters. The predicted molar refractivity (Wildman–Crippen MR) is 126 cm³/mol. The van der Waals surface area contributed by atoms with Gasteiger partial charge in [0.05, 0.1) is 22.7 Å². The van der Waals surface area contributed by atoms with Crippen molar-refractivity contribution in [1.82, 2.24) is 0 Å². The van der Waals surface area contributed by atoms with Crippen LogP contribution < -0.4 is 9.64 Å². The molecule has 0 N–H and O–H groups in total. The Hall–Kier alpha value is -2.28. The summed E-state index contributed by atoms with van der Waals surface area (Å²) in [4.78, 5) is 16.4. The summed E-state index contributed by atoms with van der Waals surface area (Å²) in [6, 6.07) is 15.7. The number of anilines is 1. The molecule has 4 rings (SSSR count). The van der Waals surface area contributed by atoms with Crippen molar-refractivity contribution in [1.29, 1.82) is 0 Å². The molecule has 0 bridgehead atoms. The van der Waals surface area contributed by atoms with E-state index in [4.69, 9.17) is 17.0 Å². The van der Waals surface area contributed by atoms with E-state index in [1.807, 2.05) is 66.4 Å². The van der Waals surface area contributed by atoms with E-state index < -0.39 is 5.54 Å². The quantitative estimate of drug-likeness (QED) is 0.252. The molecule has 1 aliphatic rings.